The fraction of sp³-hybridized carbons (Fsp3) is 0.600. The van der Waals surface area contributed by atoms with E-state index in [2.05, 4.69) is 15.2 Å². The van der Waals surface area contributed by atoms with Gasteiger partial charge in [-0.15, -0.1) is 0 Å². The minimum Gasteiger partial charge on any atom is -0.391 e. The highest BCUT2D eigenvalue weighted by Crippen LogP contribution is 2.31. The Bertz CT molecular complexity index is 563. The summed E-state index contributed by atoms with van der Waals surface area (Å²) in [6.07, 6.45) is 1.39. The summed E-state index contributed by atoms with van der Waals surface area (Å²) < 4.78 is 0. The van der Waals surface area contributed by atoms with Crippen LogP contribution in [0.1, 0.15) is 19.8 Å². The summed E-state index contributed by atoms with van der Waals surface area (Å²) >= 11 is 0. The summed E-state index contributed by atoms with van der Waals surface area (Å²) in [6, 6.07) is 3.28. The molecule has 3 atom stereocenters. The van der Waals surface area contributed by atoms with E-state index in [0.717, 1.165) is 18.5 Å². The molecule has 7 nitrogen and oxygen atoms in total. The van der Waals surface area contributed by atoms with Crippen molar-refractivity contribution in [2.75, 3.05) is 29.0 Å². The van der Waals surface area contributed by atoms with Crippen LogP contribution in [0.2, 0.25) is 0 Å². The van der Waals surface area contributed by atoms with Gasteiger partial charge >= 0.3 is 0 Å². The van der Waals surface area contributed by atoms with Gasteiger partial charge in [0.1, 0.15) is 11.6 Å². The van der Waals surface area contributed by atoms with Gasteiger partial charge in [-0.25, -0.2) is 4.98 Å². The molecule has 1 amide bonds. The molecule has 1 aromatic heterocycles. The molecule has 0 aromatic carbocycles. The molecule has 3 unspecified atom stereocenters. The smallest absolute Gasteiger partial charge is 0.228 e. The highest BCUT2D eigenvalue weighted by molar-refractivity contribution is 5.93. The monoisotopic (exact) mass is 305 g/mol. The van der Waals surface area contributed by atoms with Crippen molar-refractivity contribution < 1.29 is 9.90 Å². The number of hydrogen-bond donors (Lipinski definition) is 4. The number of carbonyl (C=O) groups is 1. The van der Waals surface area contributed by atoms with Gasteiger partial charge in [-0.1, -0.05) is 6.92 Å². The number of anilines is 3. The highest BCUT2D eigenvalue weighted by Gasteiger charge is 2.32. The molecule has 120 valence electrons. The van der Waals surface area contributed by atoms with Gasteiger partial charge in [0.05, 0.1) is 6.10 Å². The number of nitrogen functional groups attached to an aromatic ring is 1. The van der Waals surface area contributed by atoms with Crippen LogP contribution in [0.15, 0.2) is 12.1 Å². The Morgan fingerprint density at radius 1 is 1.41 bits per heavy atom. The fourth-order valence-corrected chi connectivity index (χ4v) is 2.88. The van der Waals surface area contributed by atoms with Crippen LogP contribution in [0.3, 0.4) is 0 Å². The molecule has 6 N–H and O–H groups in total. The number of aliphatic hydroxyl groups excluding tert-OH is 1. The molecule has 1 saturated heterocycles. The van der Waals surface area contributed by atoms with Crippen molar-refractivity contribution in [3.63, 3.8) is 0 Å². The minimum atomic E-state index is -0.496. The summed E-state index contributed by atoms with van der Waals surface area (Å²) in [4.78, 5) is 18.1. The fourth-order valence-electron chi connectivity index (χ4n) is 2.88. The lowest BCUT2D eigenvalue weighted by Crippen LogP contribution is -2.55. The zero-order valence-corrected chi connectivity index (χ0v) is 12.7. The third-order valence-corrected chi connectivity index (χ3v) is 4.36. The Labute approximate surface area is 129 Å². The normalized spacial score (nSPS) is 28.5. The topological polar surface area (TPSA) is 118 Å². The lowest BCUT2D eigenvalue weighted by molar-refractivity contribution is -0.117. The summed E-state index contributed by atoms with van der Waals surface area (Å²) in [5.41, 5.74) is 12.7. The molecule has 7 heteroatoms. The first-order chi connectivity index (χ1) is 10.4. The maximum absolute atomic E-state index is 11.9. The largest absolute Gasteiger partial charge is 0.391 e. The van der Waals surface area contributed by atoms with E-state index in [-0.39, 0.29) is 23.8 Å². The third-order valence-electron chi connectivity index (χ3n) is 4.36. The Hall–Kier alpha value is -1.86. The van der Waals surface area contributed by atoms with E-state index in [4.69, 9.17) is 11.5 Å². The molecular formula is C15H23N5O2. The van der Waals surface area contributed by atoms with Crippen LogP contribution in [-0.2, 0) is 4.79 Å². The number of amides is 1. The molecular weight excluding hydrogens is 282 g/mol. The van der Waals surface area contributed by atoms with E-state index in [1.807, 2.05) is 13.0 Å². The van der Waals surface area contributed by atoms with E-state index in [1.165, 1.54) is 0 Å². The minimum absolute atomic E-state index is 0.00295. The van der Waals surface area contributed by atoms with Crippen LogP contribution >= 0.6 is 0 Å². The molecule has 1 aliphatic heterocycles. The van der Waals surface area contributed by atoms with Crippen molar-refractivity contribution in [3.05, 3.63) is 12.1 Å². The van der Waals surface area contributed by atoms with Gasteiger partial charge in [-0.3, -0.25) is 4.79 Å². The number of pyridine rings is 1. The Morgan fingerprint density at radius 3 is 2.77 bits per heavy atom. The molecule has 0 spiro atoms. The van der Waals surface area contributed by atoms with Crippen molar-refractivity contribution in [2.45, 2.75) is 31.9 Å². The first kappa shape index (κ1) is 15.1. The van der Waals surface area contributed by atoms with Crippen LogP contribution in [0.5, 0.6) is 0 Å². The van der Waals surface area contributed by atoms with Crippen molar-refractivity contribution in [1.82, 2.24) is 4.98 Å². The predicted octanol–water partition coefficient (Wildman–Crippen LogP) is 0.157. The SMILES string of the molecule is CC1CN(c2cc(N)nc(NC(=O)C3CC3)c2)CC(N)C1O. The molecule has 0 bridgehead atoms. The van der Waals surface area contributed by atoms with Crippen molar-refractivity contribution in [1.29, 1.82) is 0 Å². The second kappa shape index (κ2) is 5.73. The van der Waals surface area contributed by atoms with Crippen LogP contribution in [-0.4, -0.2) is 41.2 Å². The van der Waals surface area contributed by atoms with Crippen molar-refractivity contribution >= 4 is 23.2 Å². The molecule has 2 aliphatic rings. The van der Waals surface area contributed by atoms with Crippen molar-refractivity contribution in [2.24, 2.45) is 17.6 Å². The zero-order valence-electron chi connectivity index (χ0n) is 12.7. The van der Waals surface area contributed by atoms with E-state index in [1.54, 1.807) is 6.07 Å². The first-order valence-electron chi connectivity index (χ1n) is 7.71. The number of aromatic nitrogens is 1. The molecule has 2 fully saturated rings. The van der Waals surface area contributed by atoms with E-state index >= 15 is 0 Å². The number of carbonyl (C=O) groups excluding carboxylic acids is 1. The predicted molar refractivity (Wildman–Crippen MR) is 85.4 cm³/mol. The number of nitrogens with zero attached hydrogens (tertiary/aromatic N) is 2. The maximum atomic E-state index is 11.9. The molecule has 1 saturated carbocycles. The molecule has 2 heterocycles. The molecule has 1 aromatic rings. The van der Waals surface area contributed by atoms with Gasteiger partial charge in [0.25, 0.3) is 0 Å². The summed E-state index contributed by atoms with van der Waals surface area (Å²) in [5.74, 6) is 1.02. The van der Waals surface area contributed by atoms with Crippen LogP contribution in [0, 0.1) is 11.8 Å². The quantitative estimate of drug-likeness (QED) is 0.632. The average molecular weight is 305 g/mol. The molecule has 3 rings (SSSR count). The Kier molecular flexibility index (Phi) is 3.92. The van der Waals surface area contributed by atoms with E-state index in [9.17, 15) is 9.90 Å². The Morgan fingerprint density at radius 2 is 2.14 bits per heavy atom. The van der Waals surface area contributed by atoms with Gasteiger partial charge in [0.2, 0.25) is 5.91 Å². The molecule has 0 radical (unpaired) electrons. The maximum Gasteiger partial charge on any atom is 0.228 e. The highest BCUT2D eigenvalue weighted by atomic mass is 16.3. The number of rotatable bonds is 3. The van der Waals surface area contributed by atoms with Crippen LogP contribution in [0.4, 0.5) is 17.3 Å². The third kappa shape index (κ3) is 3.15. The zero-order chi connectivity index (χ0) is 15.9. The number of hydrogen-bond acceptors (Lipinski definition) is 6. The lowest BCUT2D eigenvalue weighted by atomic mass is 9.92. The van der Waals surface area contributed by atoms with Crippen molar-refractivity contribution in [3.8, 4) is 0 Å². The number of aliphatic hydroxyl groups is 1. The van der Waals surface area contributed by atoms with Gasteiger partial charge < -0.3 is 26.8 Å². The summed E-state index contributed by atoms with van der Waals surface area (Å²) in [6.45, 7) is 3.20. The number of nitrogens with two attached hydrogens (primary N) is 2. The lowest BCUT2D eigenvalue weighted by Gasteiger charge is -2.40. The van der Waals surface area contributed by atoms with Gasteiger partial charge in [-0.2, -0.15) is 0 Å². The summed E-state index contributed by atoms with van der Waals surface area (Å²) in [5, 5.41) is 12.8. The van der Waals surface area contributed by atoms with E-state index in [0.29, 0.717) is 24.7 Å². The second-order valence-corrected chi connectivity index (χ2v) is 6.44. The second-order valence-electron chi connectivity index (χ2n) is 6.44. The first-order valence-corrected chi connectivity index (χ1v) is 7.71. The van der Waals surface area contributed by atoms with E-state index < -0.39 is 6.10 Å². The van der Waals surface area contributed by atoms with Gasteiger partial charge in [0.15, 0.2) is 0 Å². The van der Waals surface area contributed by atoms with Crippen LogP contribution < -0.4 is 21.7 Å². The Balaban J connectivity index is 1.78. The van der Waals surface area contributed by atoms with Gasteiger partial charge in [0, 0.05) is 48.8 Å². The average Bonchev–Trinajstić information content (AvgIpc) is 3.28. The molecule has 1 aliphatic carbocycles. The standard InChI is InChI=1S/C15H23N5O2/c1-8-6-20(7-11(16)14(8)21)10-4-12(17)18-13(5-10)19-15(22)9-2-3-9/h4-5,8-9,11,14,21H,2-3,6-7,16H2,1H3,(H3,17,18,19,22). The number of piperidine rings is 1. The van der Waals surface area contributed by atoms with Gasteiger partial charge in [-0.05, 0) is 12.8 Å². The van der Waals surface area contributed by atoms with Crippen LogP contribution in [0.25, 0.3) is 0 Å². The molecule has 22 heavy (non-hydrogen) atoms. The summed E-state index contributed by atoms with van der Waals surface area (Å²) in [7, 11) is 0. The number of nitrogens with one attached hydrogen (secondary N) is 1.